The Bertz CT molecular complexity index is 350. The quantitative estimate of drug-likeness (QED) is 0.396. The Kier molecular flexibility index (Phi) is 3.63. The van der Waals surface area contributed by atoms with Gasteiger partial charge < -0.3 is 9.53 Å². The number of carbonyl (C=O) groups is 2. The monoisotopic (exact) mass is 215 g/mol. The van der Waals surface area contributed by atoms with Gasteiger partial charge in [-0.2, -0.15) is 0 Å². The second-order valence-electron chi connectivity index (χ2n) is 2.33. The van der Waals surface area contributed by atoms with E-state index in [2.05, 4.69) is 14.9 Å². The molecule has 0 spiro atoms. The van der Waals surface area contributed by atoms with E-state index in [-0.39, 0.29) is 11.6 Å². The number of rotatable bonds is 4. The first kappa shape index (κ1) is 10.7. The molecule has 0 radical (unpaired) electrons. The van der Waals surface area contributed by atoms with Crippen molar-refractivity contribution in [1.29, 1.82) is 0 Å². The van der Waals surface area contributed by atoms with E-state index in [4.69, 9.17) is 0 Å². The highest BCUT2D eigenvalue weighted by Crippen LogP contribution is 2.14. The molecule has 0 aromatic carbocycles. The van der Waals surface area contributed by atoms with E-state index in [0.717, 1.165) is 6.29 Å². The highest BCUT2D eigenvalue weighted by Gasteiger charge is 2.16. The molecule has 1 heterocycles. The molecule has 0 atom stereocenters. The molecule has 0 saturated heterocycles. The van der Waals surface area contributed by atoms with E-state index in [1.54, 1.807) is 7.05 Å². The first-order valence-corrected chi connectivity index (χ1v) is 4.73. The lowest BCUT2D eigenvalue weighted by Gasteiger charge is -1.99. The molecule has 0 saturated carbocycles. The number of methoxy groups -OCH3 is 1. The number of carbonyl (C=O) groups excluding carboxylic acids is 2. The minimum absolute atomic E-state index is 0.126. The van der Waals surface area contributed by atoms with Crippen LogP contribution in [0.1, 0.15) is 10.6 Å². The fraction of sp³-hybridized carbons (Fsp3) is 0.429. The van der Waals surface area contributed by atoms with E-state index in [0.29, 0.717) is 5.16 Å². The molecule has 7 heteroatoms. The van der Waals surface area contributed by atoms with Crippen LogP contribution >= 0.6 is 11.8 Å². The van der Waals surface area contributed by atoms with Crippen molar-refractivity contribution in [3.8, 4) is 0 Å². The second kappa shape index (κ2) is 4.75. The zero-order chi connectivity index (χ0) is 10.6. The normalized spacial score (nSPS) is 9.86. The smallest absolute Gasteiger partial charge is 0.376 e. The first-order valence-electron chi connectivity index (χ1n) is 3.74. The van der Waals surface area contributed by atoms with Gasteiger partial charge in [-0.05, 0) is 0 Å². The van der Waals surface area contributed by atoms with Crippen LogP contribution in [-0.4, -0.2) is 39.9 Å². The van der Waals surface area contributed by atoms with Crippen LogP contribution in [-0.2, 0) is 16.6 Å². The van der Waals surface area contributed by atoms with Crippen LogP contribution in [0.5, 0.6) is 0 Å². The van der Waals surface area contributed by atoms with Gasteiger partial charge in [0.1, 0.15) is 6.29 Å². The van der Waals surface area contributed by atoms with Crippen molar-refractivity contribution in [2.24, 2.45) is 7.05 Å². The van der Waals surface area contributed by atoms with Gasteiger partial charge in [0, 0.05) is 7.05 Å². The van der Waals surface area contributed by atoms with Crippen molar-refractivity contribution in [2.75, 3.05) is 12.9 Å². The zero-order valence-electron chi connectivity index (χ0n) is 7.76. The molecular weight excluding hydrogens is 206 g/mol. The molecule has 0 N–H and O–H groups in total. The Hall–Kier alpha value is -1.37. The van der Waals surface area contributed by atoms with Crippen molar-refractivity contribution in [3.05, 3.63) is 5.82 Å². The summed E-state index contributed by atoms with van der Waals surface area (Å²) in [5.41, 5.74) is 0. The topological polar surface area (TPSA) is 74.1 Å². The van der Waals surface area contributed by atoms with Crippen molar-refractivity contribution in [1.82, 2.24) is 14.8 Å². The fourth-order valence-corrected chi connectivity index (χ4v) is 1.41. The first-order chi connectivity index (χ1) is 6.70. The van der Waals surface area contributed by atoms with Gasteiger partial charge in [-0.3, -0.25) is 4.57 Å². The molecule has 0 bridgehead atoms. The van der Waals surface area contributed by atoms with Gasteiger partial charge in [-0.25, -0.2) is 4.79 Å². The Balaban J connectivity index is 2.84. The van der Waals surface area contributed by atoms with Crippen LogP contribution in [0.3, 0.4) is 0 Å². The largest absolute Gasteiger partial charge is 0.463 e. The van der Waals surface area contributed by atoms with Crippen LogP contribution < -0.4 is 0 Å². The average molecular weight is 215 g/mol. The Morgan fingerprint density at radius 1 is 1.64 bits per heavy atom. The summed E-state index contributed by atoms with van der Waals surface area (Å²) in [4.78, 5) is 21.2. The summed E-state index contributed by atoms with van der Waals surface area (Å²) in [6.45, 7) is 0. The average Bonchev–Trinajstić information content (AvgIpc) is 2.56. The van der Waals surface area contributed by atoms with Crippen LogP contribution in [0.25, 0.3) is 0 Å². The number of esters is 1. The van der Waals surface area contributed by atoms with Crippen molar-refractivity contribution in [3.63, 3.8) is 0 Å². The predicted octanol–water partition coefficient (Wildman–Crippen LogP) is -0.107. The maximum Gasteiger partial charge on any atom is 0.376 e. The molecule has 76 valence electrons. The van der Waals surface area contributed by atoms with Gasteiger partial charge >= 0.3 is 5.97 Å². The van der Waals surface area contributed by atoms with E-state index in [9.17, 15) is 9.59 Å². The molecule has 6 nitrogen and oxygen atoms in total. The number of hydrogen-bond acceptors (Lipinski definition) is 6. The zero-order valence-corrected chi connectivity index (χ0v) is 8.58. The van der Waals surface area contributed by atoms with Crippen LogP contribution in [0.15, 0.2) is 5.16 Å². The SMILES string of the molecule is COC(=O)c1nnc(SCC=O)n1C. The molecule has 0 fully saturated rings. The summed E-state index contributed by atoms with van der Waals surface area (Å²) in [6.07, 6.45) is 0.761. The Morgan fingerprint density at radius 3 is 2.93 bits per heavy atom. The fourth-order valence-electron chi connectivity index (χ4n) is 0.818. The molecule has 1 rings (SSSR count). The van der Waals surface area contributed by atoms with Crippen LogP contribution in [0.2, 0.25) is 0 Å². The van der Waals surface area contributed by atoms with Gasteiger partial charge in [-0.15, -0.1) is 10.2 Å². The van der Waals surface area contributed by atoms with Gasteiger partial charge in [0.05, 0.1) is 12.9 Å². The molecule has 14 heavy (non-hydrogen) atoms. The maximum absolute atomic E-state index is 11.1. The lowest BCUT2D eigenvalue weighted by molar-refractivity contribution is -0.105. The third kappa shape index (κ3) is 2.11. The van der Waals surface area contributed by atoms with Crippen molar-refractivity contribution < 1.29 is 14.3 Å². The lowest BCUT2D eigenvalue weighted by atomic mass is 10.6. The highest BCUT2D eigenvalue weighted by atomic mass is 32.2. The van der Waals surface area contributed by atoms with Gasteiger partial charge in [-0.1, -0.05) is 11.8 Å². The van der Waals surface area contributed by atoms with Crippen LogP contribution in [0.4, 0.5) is 0 Å². The standard InChI is InChI=1S/C7H9N3O3S/c1-10-5(6(12)13-2)8-9-7(10)14-4-3-11/h3H,4H2,1-2H3. The summed E-state index contributed by atoms with van der Waals surface area (Å²) in [6, 6.07) is 0. The third-order valence-corrected chi connectivity index (χ3v) is 2.40. The second-order valence-corrected chi connectivity index (χ2v) is 3.32. The van der Waals surface area contributed by atoms with Crippen molar-refractivity contribution in [2.45, 2.75) is 5.16 Å². The molecule has 0 amide bonds. The van der Waals surface area contributed by atoms with E-state index in [1.807, 2.05) is 0 Å². The number of thioether (sulfide) groups is 1. The summed E-state index contributed by atoms with van der Waals surface area (Å²) < 4.78 is 5.98. The maximum atomic E-state index is 11.1. The summed E-state index contributed by atoms with van der Waals surface area (Å²) >= 11 is 1.21. The lowest BCUT2D eigenvalue weighted by Crippen LogP contribution is -2.09. The Morgan fingerprint density at radius 2 is 2.36 bits per heavy atom. The number of hydrogen-bond donors (Lipinski definition) is 0. The van der Waals surface area contributed by atoms with Crippen LogP contribution in [0, 0.1) is 0 Å². The summed E-state index contributed by atoms with van der Waals surface area (Å²) in [5.74, 6) is -0.133. The molecule has 1 aromatic heterocycles. The number of aldehydes is 1. The number of aromatic nitrogens is 3. The summed E-state index contributed by atoms with van der Waals surface area (Å²) in [5, 5.41) is 7.89. The van der Waals surface area contributed by atoms with Gasteiger partial charge in [0.15, 0.2) is 5.16 Å². The minimum Gasteiger partial charge on any atom is -0.463 e. The molecule has 0 unspecified atom stereocenters. The molecule has 1 aromatic rings. The molecular formula is C7H9N3O3S. The third-order valence-electron chi connectivity index (χ3n) is 1.48. The van der Waals surface area contributed by atoms with E-state index >= 15 is 0 Å². The van der Waals surface area contributed by atoms with E-state index in [1.165, 1.54) is 23.4 Å². The predicted molar refractivity (Wildman–Crippen MR) is 49.1 cm³/mol. The van der Waals surface area contributed by atoms with E-state index < -0.39 is 5.97 Å². The van der Waals surface area contributed by atoms with Gasteiger partial charge in [0.2, 0.25) is 5.82 Å². The summed E-state index contributed by atoms with van der Waals surface area (Å²) in [7, 11) is 2.91. The number of nitrogens with zero attached hydrogens (tertiary/aromatic N) is 3. The number of ether oxygens (including phenoxy) is 1. The minimum atomic E-state index is -0.544. The van der Waals surface area contributed by atoms with Crippen molar-refractivity contribution >= 4 is 24.0 Å². The molecule has 0 aliphatic rings. The van der Waals surface area contributed by atoms with Gasteiger partial charge in [0.25, 0.3) is 0 Å². The highest BCUT2D eigenvalue weighted by molar-refractivity contribution is 7.99. The molecule has 0 aliphatic heterocycles. The Labute approximate surface area is 84.6 Å². The molecule has 0 aliphatic carbocycles.